The zero-order valence-corrected chi connectivity index (χ0v) is 10.4. The summed E-state index contributed by atoms with van der Waals surface area (Å²) in [6.07, 6.45) is 0. The Morgan fingerprint density at radius 2 is 1.88 bits per heavy atom. The van der Waals surface area contributed by atoms with Crippen molar-refractivity contribution in [3.8, 4) is 0 Å². The minimum Gasteiger partial charge on any atom is -0.338 e. The summed E-state index contributed by atoms with van der Waals surface area (Å²) in [6, 6.07) is 6.74. The van der Waals surface area contributed by atoms with Crippen LogP contribution in [-0.4, -0.2) is 18.4 Å². The zero-order chi connectivity index (χ0) is 12.8. The van der Waals surface area contributed by atoms with Gasteiger partial charge in [-0.25, -0.2) is 4.79 Å². The number of urea groups is 1. The molecule has 0 heterocycles. The van der Waals surface area contributed by atoms with E-state index in [2.05, 4.69) is 10.6 Å². The molecule has 0 radical (unpaired) electrons. The molecular weight excluding hydrogens is 216 g/mol. The smallest absolute Gasteiger partial charge is 0.319 e. The molecule has 1 aromatic carbocycles. The first-order valence-electron chi connectivity index (χ1n) is 5.74. The normalized spacial score (nSPS) is 10.1. The third-order valence-corrected chi connectivity index (χ3v) is 2.30. The number of ketones is 1. The average Bonchev–Trinajstić information content (AvgIpc) is 2.29. The summed E-state index contributed by atoms with van der Waals surface area (Å²) < 4.78 is 0. The Hall–Kier alpha value is -1.84. The van der Waals surface area contributed by atoms with Gasteiger partial charge in [-0.15, -0.1) is 0 Å². The molecular formula is C13H18N2O2. The number of anilines is 1. The lowest BCUT2D eigenvalue weighted by Crippen LogP contribution is -2.29. The van der Waals surface area contributed by atoms with Crippen LogP contribution in [0, 0.1) is 5.92 Å². The van der Waals surface area contributed by atoms with Gasteiger partial charge in [-0.05, 0) is 19.1 Å². The number of rotatable bonds is 4. The lowest BCUT2D eigenvalue weighted by atomic mass is 9.99. The Labute approximate surface area is 101 Å². The molecule has 4 nitrogen and oxygen atoms in total. The van der Waals surface area contributed by atoms with Gasteiger partial charge in [0, 0.05) is 18.0 Å². The first-order chi connectivity index (χ1) is 8.06. The maximum atomic E-state index is 11.9. The van der Waals surface area contributed by atoms with Gasteiger partial charge < -0.3 is 10.6 Å². The summed E-state index contributed by atoms with van der Waals surface area (Å²) in [6.45, 7) is 6.06. The van der Waals surface area contributed by atoms with Crippen LogP contribution in [0.2, 0.25) is 0 Å². The summed E-state index contributed by atoms with van der Waals surface area (Å²) in [7, 11) is 0. The molecule has 1 rings (SSSR count). The van der Waals surface area contributed by atoms with Crippen molar-refractivity contribution in [1.29, 1.82) is 0 Å². The predicted octanol–water partition coefficient (Wildman–Crippen LogP) is 2.67. The van der Waals surface area contributed by atoms with Gasteiger partial charge in [0.05, 0.1) is 5.69 Å². The third kappa shape index (κ3) is 3.59. The Kier molecular flexibility index (Phi) is 4.69. The van der Waals surface area contributed by atoms with E-state index in [0.29, 0.717) is 17.8 Å². The fourth-order valence-electron chi connectivity index (χ4n) is 1.45. The molecule has 1 aromatic rings. The summed E-state index contributed by atoms with van der Waals surface area (Å²) in [5.74, 6) is -0.0652. The van der Waals surface area contributed by atoms with Crippen molar-refractivity contribution in [3.63, 3.8) is 0 Å². The van der Waals surface area contributed by atoms with Crippen LogP contribution < -0.4 is 10.6 Å². The first kappa shape index (κ1) is 13.2. The van der Waals surface area contributed by atoms with Gasteiger partial charge in [0.1, 0.15) is 0 Å². The van der Waals surface area contributed by atoms with Crippen molar-refractivity contribution < 1.29 is 9.59 Å². The Bertz CT molecular complexity index is 414. The molecule has 0 fully saturated rings. The molecule has 17 heavy (non-hydrogen) atoms. The van der Waals surface area contributed by atoms with Crippen molar-refractivity contribution in [1.82, 2.24) is 5.32 Å². The van der Waals surface area contributed by atoms with Crippen molar-refractivity contribution in [2.75, 3.05) is 11.9 Å². The van der Waals surface area contributed by atoms with Gasteiger partial charge >= 0.3 is 6.03 Å². The van der Waals surface area contributed by atoms with Crippen molar-refractivity contribution >= 4 is 17.5 Å². The average molecular weight is 234 g/mol. The van der Waals surface area contributed by atoms with Crippen molar-refractivity contribution in [2.24, 2.45) is 5.92 Å². The number of nitrogens with one attached hydrogen (secondary N) is 2. The van der Waals surface area contributed by atoms with Gasteiger partial charge in [0.15, 0.2) is 5.78 Å². The lowest BCUT2D eigenvalue weighted by Gasteiger charge is -2.12. The standard InChI is InChI=1S/C13H18N2O2/c1-4-14-13(17)15-11-8-6-5-7-10(11)12(16)9(2)3/h5-9H,4H2,1-3H3,(H2,14,15,17). The predicted molar refractivity (Wildman–Crippen MR) is 68.3 cm³/mol. The molecule has 0 unspecified atom stereocenters. The molecule has 0 aliphatic rings. The van der Waals surface area contributed by atoms with E-state index in [-0.39, 0.29) is 17.7 Å². The molecule has 0 saturated heterocycles. The van der Waals surface area contributed by atoms with Gasteiger partial charge in [-0.1, -0.05) is 26.0 Å². The second kappa shape index (κ2) is 6.03. The minimum atomic E-state index is -0.295. The van der Waals surface area contributed by atoms with E-state index in [1.165, 1.54) is 0 Å². The molecule has 0 bridgehead atoms. The molecule has 0 aromatic heterocycles. The van der Waals surface area contributed by atoms with E-state index in [4.69, 9.17) is 0 Å². The molecule has 4 heteroatoms. The molecule has 0 aliphatic heterocycles. The monoisotopic (exact) mass is 234 g/mol. The van der Waals surface area contributed by atoms with Crippen LogP contribution in [0.3, 0.4) is 0 Å². The third-order valence-electron chi connectivity index (χ3n) is 2.30. The highest BCUT2D eigenvalue weighted by Crippen LogP contribution is 2.18. The lowest BCUT2D eigenvalue weighted by molar-refractivity contribution is 0.0940. The summed E-state index contributed by atoms with van der Waals surface area (Å²) >= 11 is 0. The Morgan fingerprint density at radius 3 is 2.47 bits per heavy atom. The number of carbonyl (C=O) groups excluding carboxylic acids is 2. The van der Waals surface area contributed by atoms with Crippen LogP contribution in [0.25, 0.3) is 0 Å². The van der Waals surface area contributed by atoms with E-state index in [0.717, 1.165) is 0 Å². The van der Waals surface area contributed by atoms with Crippen molar-refractivity contribution in [2.45, 2.75) is 20.8 Å². The maximum absolute atomic E-state index is 11.9. The van der Waals surface area contributed by atoms with E-state index >= 15 is 0 Å². The van der Waals surface area contributed by atoms with Crippen LogP contribution >= 0.6 is 0 Å². The highest BCUT2D eigenvalue weighted by Gasteiger charge is 2.15. The topological polar surface area (TPSA) is 58.2 Å². The summed E-state index contributed by atoms with van der Waals surface area (Å²) in [4.78, 5) is 23.4. The molecule has 0 spiro atoms. The Balaban J connectivity index is 2.92. The van der Waals surface area contributed by atoms with Gasteiger partial charge in [0.2, 0.25) is 0 Å². The van der Waals surface area contributed by atoms with Crippen LogP contribution in [0.4, 0.5) is 10.5 Å². The molecule has 0 saturated carbocycles. The molecule has 2 N–H and O–H groups in total. The van der Waals surface area contributed by atoms with Crippen LogP contribution in [0.5, 0.6) is 0 Å². The van der Waals surface area contributed by atoms with E-state index in [1.54, 1.807) is 24.3 Å². The first-order valence-corrected chi connectivity index (χ1v) is 5.74. The van der Waals surface area contributed by atoms with Gasteiger partial charge in [-0.2, -0.15) is 0 Å². The van der Waals surface area contributed by atoms with Crippen LogP contribution in [0.1, 0.15) is 31.1 Å². The number of benzene rings is 1. The molecule has 2 amide bonds. The van der Waals surface area contributed by atoms with E-state index in [9.17, 15) is 9.59 Å². The van der Waals surface area contributed by atoms with Crippen LogP contribution in [0.15, 0.2) is 24.3 Å². The zero-order valence-electron chi connectivity index (χ0n) is 10.4. The number of amides is 2. The molecule has 92 valence electrons. The number of hydrogen-bond acceptors (Lipinski definition) is 2. The highest BCUT2D eigenvalue weighted by molar-refractivity contribution is 6.05. The van der Waals surface area contributed by atoms with E-state index in [1.807, 2.05) is 20.8 Å². The summed E-state index contributed by atoms with van der Waals surface area (Å²) in [5, 5.41) is 5.30. The SMILES string of the molecule is CCNC(=O)Nc1ccccc1C(=O)C(C)C. The number of hydrogen-bond donors (Lipinski definition) is 2. The Morgan fingerprint density at radius 1 is 1.24 bits per heavy atom. The molecule has 0 aliphatic carbocycles. The number of carbonyl (C=O) groups is 2. The van der Waals surface area contributed by atoms with Crippen molar-refractivity contribution in [3.05, 3.63) is 29.8 Å². The number of Topliss-reactive ketones (excluding diaryl/α,β-unsaturated/α-hetero) is 1. The van der Waals surface area contributed by atoms with E-state index < -0.39 is 0 Å². The number of para-hydroxylation sites is 1. The second-order valence-electron chi connectivity index (χ2n) is 4.05. The fraction of sp³-hybridized carbons (Fsp3) is 0.385. The second-order valence-corrected chi connectivity index (χ2v) is 4.05. The fourth-order valence-corrected chi connectivity index (χ4v) is 1.45. The highest BCUT2D eigenvalue weighted by atomic mass is 16.2. The minimum absolute atomic E-state index is 0.0254. The largest absolute Gasteiger partial charge is 0.338 e. The maximum Gasteiger partial charge on any atom is 0.319 e. The molecule has 0 atom stereocenters. The van der Waals surface area contributed by atoms with Crippen LogP contribution in [-0.2, 0) is 0 Å². The quantitative estimate of drug-likeness (QED) is 0.787. The summed E-state index contributed by atoms with van der Waals surface area (Å²) in [5.41, 5.74) is 1.10. The van der Waals surface area contributed by atoms with Gasteiger partial charge in [0.25, 0.3) is 0 Å². The van der Waals surface area contributed by atoms with Gasteiger partial charge in [-0.3, -0.25) is 4.79 Å².